The lowest BCUT2D eigenvalue weighted by Gasteiger charge is -2.27. The summed E-state index contributed by atoms with van der Waals surface area (Å²) in [7, 11) is -3.21. The van der Waals surface area contributed by atoms with E-state index in [9.17, 15) is 17.2 Å². The van der Waals surface area contributed by atoms with E-state index in [-0.39, 0.29) is 23.0 Å². The maximum absolute atomic E-state index is 14.6. The molecule has 0 amide bonds. The number of aliphatic imine (C=N–C) groups is 1. The van der Waals surface area contributed by atoms with Crippen LogP contribution in [0.25, 0.3) is 0 Å². The van der Waals surface area contributed by atoms with Crippen molar-refractivity contribution in [2.45, 2.75) is 17.8 Å². The van der Waals surface area contributed by atoms with Gasteiger partial charge in [0.05, 0.1) is 29.3 Å². The molecule has 2 aliphatic rings. The van der Waals surface area contributed by atoms with E-state index >= 15 is 0 Å². The summed E-state index contributed by atoms with van der Waals surface area (Å²) in [5.74, 6) is -0.565. The number of amidine groups is 1. The molecule has 0 spiro atoms. The van der Waals surface area contributed by atoms with Gasteiger partial charge >= 0.3 is 0 Å². The topological polar surface area (TPSA) is 49.7 Å². The molecule has 2 aromatic rings. The second-order valence-electron chi connectivity index (χ2n) is 6.47. The number of anilines is 1. The lowest BCUT2D eigenvalue weighted by atomic mass is 10.1. The molecule has 1 fully saturated rings. The van der Waals surface area contributed by atoms with E-state index in [1.54, 1.807) is 35.2 Å². The molecule has 2 aliphatic heterocycles. The van der Waals surface area contributed by atoms with Crippen molar-refractivity contribution in [3.63, 3.8) is 0 Å². The van der Waals surface area contributed by atoms with Crippen LogP contribution in [0.3, 0.4) is 0 Å². The van der Waals surface area contributed by atoms with Gasteiger partial charge in [-0.1, -0.05) is 45.9 Å². The minimum atomic E-state index is -3.21. The van der Waals surface area contributed by atoms with Gasteiger partial charge in [-0.05, 0) is 29.8 Å². The SMILES string of the molecule is O=S1(=O)C[C@@H]2[C@@H](C1)N=C(SCc1ccccc1F)N2c1ccc(Br)cc1F. The van der Waals surface area contributed by atoms with E-state index < -0.39 is 27.7 Å². The summed E-state index contributed by atoms with van der Waals surface area (Å²) in [4.78, 5) is 6.19. The van der Waals surface area contributed by atoms with Crippen molar-refractivity contribution in [2.24, 2.45) is 4.99 Å². The van der Waals surface area contributed by atoms with Crippen LogP contribution in [0.1, 0.15) is 5.56 Å². The summed E-state index contributed by atoms with van der Waals surface area (Å²) in [6.45, 7) is 0. The smallest absolute Gasteiger partial charge is 0.164 e. The number of hydrogen-bond donors (Lipinski definition) is 0. The molecule has 142 valence electrons. The van der Waals surface area contributed by atoms with Gasteiger partial charge in [-0.25, -0.2) is 17.2 Å². The molecule has 2 aromatic carbocycles. The van der Waals surface area contributed by atoms with Crippen LogP contribution in [0.15, 0.2) is 51.9 Å². The molecule has 0 radical (unpaired) electrons. The summed E-state index contributed by atoms with van der Waals surface area (Å²) in [5, 5.41) is 0.518. The summed E-state index contributed by atoms with van der Waals surface area (Å²) >= 11 is 4.52. The Morgan fingerprint density at radius 3 is 2.67 bits per heavy atom. The summed E-state index contributed by atoms with van der Waals surface area (Å²) in [5.41, 5.74) is 0.800. The van der Waals surface area contributed by atoms with Crippen molar-refractivity contribution in [3.05, 3.63) is 64.1 Å². The average Bonchev–Trinajstić information content (AvgIpc) is 3.06. The second kappa shape index (κ2) is 7.18. The van der Waals surface area contributed by atoms with Crippen LogP contribution >= 0.6 is 27.7 Å². The largest absolute Gasteiger partial charge is 0.312 e. The minimum absolute atomic E-state index is 0.0456. The van der Waals surface area contributed by atoms with E-state index in [1.807, 2.05) is 0 Å². The second-order valence-corrected chi connectivity index (χ2v) is 10.5. The van der Waals surface area contributed by atoms with Gasteiger partial charge in [0.25, 0.3) is 0 Å². The van der Waals surface area contributed by atoms with E-state index in [0.29, 0.717) is 21.0 Å². The highest BCUT2D eigenvalue weighted by molar-refractivity contribution is 9.10. The third kappa shape index (κ3) is 3.77. The Kier molecular flexibility index (Phi) is 5.02. The molecule has 0 aromatic heterocycles. The molecule has 2 atom stereocenters. The fourth-order valence-corrected chi connectivity index (χ4v) is 6.63. The Bertz CT molecular complexity index is 1030. The number of benzene rings is 2. The number of fused-ring (bicyclic) bond motifs is 1. The molecule has 4 rings (SSSR count). The first-order valence-electron chi connectivity index (χ1n) is 8.23. The zero-order chi connectivity index (χ0) is 19.2. The summed E-state index contributed by atoms with van der Waals surface area (Å²) in [6.07, 6.45) is 0. The van der Waals surface area contributed by atoms with E-state index in [4.69, 9.17) is 0 Å². The van der Waals surface area contributed by atoms with Crippen LogP contribution in [0.5, 0.6) is 0 Å². The molecule has 0 N–H and O–H groups in total. The van der Waals surface area contributed by atoms with Crippen LogP contribution in [0.4, 0.5) is 14.5 Å². The summed E-state index contributed by atoms with van der Waals surface area (Å²) in [6, 6.07) is 10.2. The first kappa shape index (κ1) is 18.9. The van der Waals surface area contributed by atoms with Gasteiger partial charge in [0, 0.05) is 10.2 Å². The molecular weight excluding hydrogens is 458 g/mol. The zero-order valence-corrected chi connectivity index (χ0v) is 17.2. The Labute approximate surface area is 168 Å². The third-order valence-corrected chi connectivity index (χ3v) is 7.80. The third-order valence-electron chi connectivity index (χ3n) is 4.59. The molecule has 0 unspecified atom stereocenters. The molecule has 27 heavy (non-hydrogen) atoms. The van der Waals surface area contributed by atoms with Crippen LogP contribution < -0.4 is 4.90 Å². The predicted molar refractivity (Wildman–Crippen MR) is 108 cm³/mol. The normalized spacial score (nSPS) is 23.4. The van der Waals surface area contributed by atoms with Crippen LogP contribution in [0, 0.1) is 11.6 Å². The van der Waals surface area contributed by atoms with Gasteiger partial charge in [0.1, 0.15) is 11.6 Å². The average molecular weight is 473 g/mol. The number of halogens is 3. The van der Waals surface area contributed by atoms with Crippen LogP contribution in [-0.4, -0.2) is 37.2 Å². The van der Waals surface area contributed by atoms with Crippen molar-refractivity contribution in [3.8, 4) is 0 Å². The van der Waals surface area contributed by atoms with Gasteiger partial charge in [0.15, 0.2) is 15.0 Å². The number of nitrogens with zero attached hydrogens (tertiary/aromatic N) is 2. The van der Waals surface area contributed by atoms with Crippen LogP contribution in [-0.2, 0) is 15.6 Å². The number of thioether (sulfide) groups is 1. The van der Waals surface area contributed by atoms with E-state index in [1.165, 1.54) is 23.9 Å². The molecular formula is C18H15BrF2N2O2S2. The van der Waals surface area contributed by atoms with Crippen molar-refractivity contribution in [1.29, 1.82) is 0 Å². The molecule has 4 nitrogen and oxygen atoms in total. The molecule has 0 bridgehead atoms. The quantitative estimate of drug-likeness (QED) is 0.677. The Hall–Kier alpha value is -1.45. The van der Waals surface area contributed by atoms with Gasteiger partial charge in [-0.15, -0.1) is 0 Å². The van der Waals surface area contributed by atoms with Crippen molar-refractivity contribution >= 4 is 48.4 Å². The fraction of sp³-hybridized carbons (Fsp3) is 0.278. The Morgan fingerprint density at radius 1 is 1.15 bits per heavy atom. The molecule has 0 aliphatic carbocycles. The zero-order valence-electron chi connectivity index (χ0n) is 14.0. The molecule has 9 heteroatoms. The monoisotopic (exact) mass is 472 g/mol. The predicted octanol–water partition coefficient (Wildman–Crippen LogP) is 4.00. The highest BCUT2D eigenvalue weighted by Gasteiger charge is 2.47. The number of hydrogen-bond acceptors (Lipinski definition) is 5. The lowest BCUT2D eigenvalue weighted by molar-refractivity contribution is 0.600. The van der Waals surface area contributed by atoms with Crippen molar-refractivity contribution in [1.82, 2.24) is 0 Å². The number of rotatable bonds is 3. The maximum atomic E-state index is 14.6. The van der Waals surface area contributed by atoms with E-state index in [2.05, 4.69) is 20.9 Å². The first-order valence-corrected chi connectivity index (χ1v) is 11.8. The molecule has 0 saturated carbocycles. The number of sulfone groups is 1. The van der Waals surface area contributed by atoms with Crippen molar-refractivity contribution < 1.29 is 17.2 Å². The highest BCUT2D eigenvalue weighted by atomic mass is 79.9. The fourth-order valence-electron chi connectivity index (χ4n) is 3.35. The van der Waals surface area contributed by atoms with E-state index in [0.717, 1.165) is 0 Å². The highest BCUT2D eigenvalue weighted by Crippen LogP contribution is 2.37. The molecule has 1 saturated heterocycles. The van der Waals surface area contributed by atoms with Gasteiger partial charge < -0.3 is 4.90 Å². The van der Waals surface area contributed by atoms with Gasteiger partial charge in [-0.3, -0.25) is 4.99 Å². The van der Waals surface area contributed by atoms with Crippen molar-refractivity contribution in [2.75, 3.05) is 16.4 Å². The summed E-state index contributed by atoms with van der Waals surface area (Å²) < 4.78 is 53.2. The standard InChI is InChI=1S/C18H15BrF2N2O2S2/c19-12-5-6-16(14(21)7-12)23-17-10-27(24,25)9-15(17)22-18(23)26-8-11-3-1-2-4-13(11)20/h1-7,15,17H,8-10H2/t15-,17-/m1/s1. The van der Waals surface area contributed by atoms with Gasteiger partial charge in [-0.2, -0.15) is 0 Å². The Balaban J connectivity index is 1.66. The Morgan fingerprint density at radius 2 is 1.93 bits per heavy atom. The van der Waals surface area contributed by atoms with Crippen LogP contribution in [0.2, 0.25) is 0 Å². The minimum Gasteiger partial charge on any atom is -0.312 e. The first-order chi connectivity index (χ1) is 12.8. The maximum Gasteiger partial charge on any atom is 0.164 e. The lowest BCUT2D eigenvalue weighted by Crippen LogP contribution is -2.39. The van der Waals surface area contributed by atoms with Gasteiger partial charge in [0.2, 0.25) is 0 Å². The molecule has 2 heterocycles.